The molecule has 1 aromatic rings. The van der Waals surface area contributed by atoms with E-state index in [-0.39, 0.29) is 17.0 Å². The Balaban J connectivity index is 2.72. The van der Waals surface area contributed by atoms with Crippen LogP contribution in [0.2, 0.25) is 0 Å². The smallest absolute Gasteiger partial charge is 0.234 e. The Bertz CT molecular complexity index is 471. The van der Waals surface area contributed by atoms with Crippen LogP contribution in [0.25, 0.3) is 0 Å². The number of fused-ring (bicyclic) bond motifs is 1. The van der Waals surface area contributed by atoms with Crippen LogP contribution in [-0.4, -0.2) is 13.0 Å². The van der Waals surface area contributed by atoms with Gasteiger partial charge < -0.3 is 4.90 Å². The van der Waals surface area contributed by atoms with Crippen LogP contribution in [-0.2, 0) is 4.79 Å². The van der Waals surface area contributed by atoms with E-state index in [0.29, 0.717) is 12.1 Å². The molecule has 0 saturated heterocycles. The first-order valence-corrected chi connectivity index (χ1v) is 5.25. The van der Waals surface area contributed by atoms with Crippen molar-refractivity contribution in [3.8, 4) is 0 Å². The van der Waals surface area contributed by atoms with E-state index in [1.165, 1.54) is 17.9 Å². The first-order valence-electron chi connectivity index (χ1n) is 5.25. The van der Waals surface area contributed by atoms with Gasteiger partial charge in [0.25, 0.3) is 0 Å². The standard InChI is InChI=1S/C12H13F2NO/c1-4-7-9-8(15(3)12(7)16)5-6(2)10(13)11(9)14/h5,7H,4H2,1-3H3. The molecule has 1 aliphatic rings. The van der Waals surface area contributed by atoms with Crippen LogP contribution in [0.4, 0.5) is 14.5 Å². The van der Waals surface area contributed by atoms with Gasteiger partial charge in [-0.3, -0.25) is 4.79 Å². The van der Waals surface area contributed by atoms with Crippen molar-refractivity contribution >= 4 is 11.6 Å². The minimum Gasteiger partial charge on any atom is -0.315 e. The molecule has 1 atom stereocenters. The molecule has 0 fully saturated rings. The number of rotatable bonds is 1. The summed E-state index contributed by atoms with van der Waals surface area (Å²) in [5.74, 6) is -2.43. The number of hydrogen-bond acceptors (Lipinski definition) is 1. The summed E-state index contributed by atoms with van der Waals surface area (Å²) in [7, 11) is 1.59. The molecule has 2 nitrogen and oxygen atoms in total. The Morgan fingerprint density at radius 2 is 2.00 bits per heavy atom. The molecule has 1 unspecified atom stereocenters. The van der Waals surface area contributed by atoms with E-state index in [9.17, 15) is 13.6 Å². The van der Waals surface area contributed by atoms with Gasteiger partial charge in [0.2, 0.25) is 5.91 Å². The molecule has 4 heteroatoms. The Labute approximate surface area is 92.9 Å². The first-order chi connectivity index (χ1) is 7.49. The second-order valence-corrected chi connectivity index (χ2v) is 4.11. The normalized spacial score (nSPS) is 19.2. The van der Waals surface area contributed by atoms with Crippen LogP contribution in [0.5, 0.6) is 0 Å². The molecule has 1 heterocycles. The lowest BCUT2D eigenvalue weighted by molar-refractivity contribution is -0.119. The molecule has 2 rings (SSSR count). The Morgan fingerprint density at radius 3 is 2.56 bits per heavy atom. The first kappa shape index (κ1) is 11.0. The third kappa shape index (κ3) is 1.25. The number of amides is 1. The number of benzene rings is 1. The van der Waals surface area contributed by atoms with Crippen LogP contribution in [0.15, 0.2) is 6.07 Å². The van der Waals surface area contributed by atoms with E-state index in [2.05, 4.69) is 0 Å². The van der Waals surface area contributed by atoms with Gasteiger partial charge in [-0.2, -0.15) is 0 Å². The topological polar surface area (TPSA) is 20.3 Å². The molecule has 1 aliphatic heterocycles. The van der Waals surface area contributed by atoms with E-state index in [1.807, 2.05) is 0 Å². The second kappa shape index (κ2) is 3.54. The lowest BCUT2D eigenvalue weighted by atomic mass is 9.96. The predicted octanol–water partition coefficient (Wildman–Crippen LogP) is 2.74. The summed E-state index contributed by atoms with van der Waals surface area (Å²) in [6, 6.07) is 1.53. The minimum absolute atomic E-state index is 0.165. The van der Waals surface area contributed by atoms with Gasteiger partial charge in [0.1, 0.15) is 0 Å². The summed E-state index contributed by atoms with van der Waals surface area (Å²) in [6.45, 7) is 3.29. The molecule has 1 amide bonds. The van der Waals surface area contributed by atoms with E-state index in [4.69, 9.17) is 0 Å². The molecular formula is C12H13F2NO. The van der Waals surface area contributed by atoms with Gasteiger partial charge in [-0.25, -0.2) is 8.78 Å². The van der Waals surface area contributed by atoms with E-state index < -0.39 is 17.6 Å². The molecule has 0 saturated carbocycles. The van der Waals surface area contributed by atoms with Crippen molar-refractivity contribution in [1.29, 1.82) is 0 Å². The summed E-state index contributed by atoms with van der Waals surface area (Å²) >= 11 is 0. The second-order valence-electron chi connectivity index (χ2n) is 4.11. The van der Waals surface area contributed by atoms with E-state index in [0.717, 1.165) is 0 Å². The molecule has 86 valence electrons. The monoisotopic (exact) mass is 225 g/mol. The van der Waals surface area contributed by atoms with E-state index in [1.54, 1.807) is 14.0 Å². The SMILES string of the molecule is CCC1C(=O)N(C)c2cc(C)c(F)c(F)c21. The molecule has 0 aromatic heterocycles. The quantitative estimate of drug-likeness (QED) is 0.719. The van der Waals surface area contributed by atoms with E-state index >= 15 is 0 Å². The summed E-state index contributed by atoms with van der Waals surface area (Å²) in [5.41, 5.74) is 0.930. The van der Waals surface area contributed by atoms with Crippen LogP contribution < -0.4 is 4.90 Å². The zero-order valence-electron chi connectivity index (χ0n) is 9.47. The summed E-state index contributed by atoms with van der Waals surface area (Å²) in [4.78, 5) is 13.2. The molecular weight excluding hydrogens is 212 g/mol. The number of carbonyl (C=O) groups excluding carboxylic acids is 1. The minimum atomic E-state index is -0.875. The van der Waals surface area contributed by atoms with Gasteiger partial charge >= 0.3 is 0 Å². The highest BCUT2D eigenvalue weighted by molar-refractivity contribution is 6.04. The highest BCUT2D eigenvalue weighted by atomic mass is 19.2. The molecule has 0 aliphatic carbocycles. The largest absolute Gasteiger partial charge is 0.315 e. The van der Waals surface area contributed by atoms with Crippen molar-refractivity contribution in [1.82, 2.24) is 0 Å². The van der Waals surface area contributed by atoms with Crippen molar-refractivity contribution in [2.24, 2.45) is 0 Å². The summed E-state index contributed by atoms with van der Waals surface area (Å²) in [6.07, 6.45) is 0.482. The van der Waals surface area contributed by atoms with Crippen molar-refractivity contribution in [2.45, 2.75) is 26.2 Å². The maximum absolute atomic E-state index is 13.8. The van der Waals surface area contributed by atoms with Crippen molar-refractivity contribution in [3.63, 3.8) is 0 Å². The molecule has 0 spiro atoms. The van der Waals surface area contributed by atoms with Gasteiger partial charge in [-0.05, 0) is 25.0 Å². The lowest BCUT2D eigenvalue weighted by Gasteiger charge is -2.11. The van der Waals surface area contributed by atoms with Gasteiger partial charge in [0, 0.05) is 12.6 Å². The molecule has 0 radical (unpaired) electrons. The van der Waals surface area contributed by atoms with Gasteiger partial charge in [-0.15, -0.1) is 0 Å². The maximum atomic E-state index is 13.8. The fourth-order valence-corrected chi connectivity index (χ4v) is 2.21. The van der Waals surface area contributed by atoms with Crippen molar-refractivity contribution in [2.75, 3.05) is 11.9 Å². The Kier molecular flexibility index (Phi) is 2.45. The number of carbonyl (C=O) groups is 1. The number of likely N-dealkylation sites (N-methyl/N-ethyl adjacent to an activating group) is 1. The highest BCUT2D eigenvalue weighted by Crippen LogP contribution is 2.41. The van der Waals surface area contributed by atoms with Crippen LogP contribution in [0, 0.1) is 18.6 Å². The summed E-state index contributed by atoms with van der Waals surface area (Å²) < 4.78 is 27.2. The van der Waals surface area contributed by atoms with Crippen LogP contribution in [0.3, 0.4) is 0 Å². The average molecular weight is 225 g/mol. The van der Waals surface area contributed by atoms with Crippen molar-refractivity contribution < 1.29 is 13.6 Å². The van der Waals surface area contributed by atoms with Crippen molar-refractivity contribution in [3.05, 3.63) is 28.8 Å². The number of nitrogens with zero attached hydrogens (tertiary/aromatic N) is 1. The predicted molar refractivity (Wildman–Crippen MR) is 57.5 cm³/mol. The Morgan fingerprint density at radius 1 is 1.38 bits per heavy atom. The van der Waals surface area contributed by atoms with Crippen LogP contribution >= 0.6 is 0 Å². The van der Waals surface area contributed by atoms with Gasteiger partial charge in [0.15, 0.2) is 11.6 Å². The number of halogens is 2. The summed E-state index contributed by atoms with van der Waals surface area (Å²) in [5, 5.41) is 0. The zero-order chi connectivity index (χ0) is 12.0. The van der Waals surface area contributed by atoms with Crippen LogP contribution in [0.1, 0.15) is 30.4 Å². The fourth-order valence-electron chi connectivity index (χ4n) is 2.21. The lowest BCUT2D eigenvalue weighted by Crippen LogP contribution is -2.23. The number of hydrogen-bond donors (Lipinski definition) is 0. The molecule has 0 N–H and O–H groups in total. The van der Waals surface area contributed by atoms with Gasteiger partial charge in [-0.1, -0.05) is 6.92 Å². The maximum Gasteiger partial charge on any atom is 0.234 e. The zero-order valence-corrected chi connectivity index (χ0v) is 9.47. The molecule has 0 bridgehead atoms. The molecule has 16 heavy (non-hydrogen) atoms. The average Bonchev–Trinajstić information content (AvgIpc) is 2.50. The number of aryl methyl sites for hydroxylation is 1. The molecule has 1 aromatic carbocycles. The third-order valence-electron chi connectivity index (χ3n) is 3.15. The fraction of sp³-hybridized carbons (Fsp3) is 0.417. The highest BCUT2D eigenvalue weighted by Gasteiger charge is 2.37. The number of anilines is 1. The Hall–Kier alpha value is -1.45. The third-order valence-corrected chi connectivity index (χ3v) is 3.15. The van der Waals surface area contributed by atoms with Gasteiger partial charge in [0.05, 0.1) is 11.6 Å².